The number of carbonyl (C=O) groups is 3. The molecule has 2 aromatic rings. The topological polar surface area (TPSA) is 104 Å². The lowest BCUT2D eigenvalue weighted by Crippen LogP contribution is -2.56. The third-order valence-corrected chi connectivity index (χ3v) is 5.57. The summed E-state index contributed by atoms with van der Waals surface area (Å²) in [7, 11) is 0. The fourth-order valence-corrected chi connectivity index (χ4v) is 3.70. The molecule has 0 bridgehead atoms. The first-order chi connectivity index (χ1) is 15.7. The van der Waals surface area contributed by atoms with E-state index in [1.165, 1.54) is 17.2 Å². The van der Waals surface area contributed by atoms with Crippen LogP contribution >= 0.6 is 0 Å². The molecular formula is C25H30N4O4. The van der Waals surface area contributed by atoms with Gasteiger partial charge in [-0.1, -0.05) is 30.4 Å². The lowest BCUT2D eigenvalue weighted by molar-refractivity contribution is -0.135. The smallest absolute Gasteiger partial charge is 0.334 e. The van der Waals surface area contributed by atoms with Crippen LogP contribution in [0.5, 0.6) is 0 Å². The minimum Gasteiger partial charge on any atom is -0.465 e. The van der Waals surface area contributed by atoms with E-state index in [-0.39, 0.29) is 5.91 Å². The lowest BCUT2D eigenvalue weighted by atomic mass is 9.92. The minimum atomic E-state index is -0.688. The quantitative estimate of drug-likeness (QED) is 0.462. The molecule has 8 nitrogen and oxygen atoms in total. The molecule has 1 fully saturated rings. The van der Waals surface area contributed by atoms with E-state index in [1.54, 1.807) is 18.2 Å². The first-order valence-corrected chi connectivity index (χ1v) is 10.8. The third kappa shape index (κ3) is 6.12. The number of benzene rings is 1. The summed E-state index contributed by atoms with van der Waals surface area (Å²) >= 11 is 0. The van der Waals surface area contributed by atoms with E-state index in [0.29, 0.717) is 25.1 Å². The molecule has 4 amide bonds. The maximum atomic E-state index is 12.7. The second kappa shape index (κ2) is 10.2. The molecular weight excluding hydrogens is 420 g/mol. The molecule has 1 aliphatic rings. The highest BCUT2D eigenvalue weighted by atomic mass is 16.3. The highest BCUT2D eigenvalue weighted by Crippen LogP contribution is 2.23. The van der Waals surface area contributed by atoms with Crippen molar-refractivity contribution >= 4 is 29.5 Å². The SMILES string of the molecule is C=C(C)c1cccc(C(C)(C)NC(=O)NNC(=O)[C@@H]2CCCN2C(=O)/C=C/c2ccco2)c1. The molecule has 0 radical (unpaired) electrons. The molecule has 1 atom stereocenters. The van der Waals surface area contributed by atoms with Crippen molar-refractivity contribution in [1.82, 2.24) is 21.1 Å². The number of amides is 4. The molecule has 2 heterocycles. The van der Waals surface area contributed by atoms with Gasteiger partial charge >= 0.3 is 6.03 Å². The normalized spacial score (nSPS) is 16.0. The van der Waals surface area contributed by atoms with E-state index in [1.807, 2.05) is 45.0 Å². The highest BCUT2D eigenvalue weighted by molar-refractivity contribution is 5.96. The number of nitrogens with zero attached hydrogens (tertiary/aromatic N) is 1. The van der Waals surface area contributed by atoms with Crippen molar-refractivity contribution in [2.75, 3.05) is 6.54 Å². The Morgan fingerprint density at radius 3 is 2.67 bits per heavy atom. The highest BCUT2D eigenvalue weighted by Gasteiger charge is 2.33. The van der Waals surface area contributed by atoms with Crippen LogP contribution in [-0.4, -0.2) is 35.3 Å². The van der Waals surface area contributed by atoms with Gasteiger partial charge in [0.25, 0.3) is 5.91 Å². The van der Waals surface area contributed by atoms with Gasteiger partial charge in [-0.15, -0.1) is 0 Å². The van der Waals surface area contributed by atoms with Crippen LogP contribution in [0.15, 0.2) is 59.7 Å². The molecule has 174 valence electrons. The van der Waals surface area contributed by atoms with Gasteiger partial charge in [-0.2, -0.15) is 0 Å². The number of carbonyl (C=O) groups excluding carboxylic acids is 3. The standard InChI is InChI=1S/C25H30N4O4/c1-17(2)18-8-5-9-19(16-18)25(3,4)26-24(32)28-27-23(31)21-11-6-14-29(21)22(30)13-12-20-10-7-15-33-20/h5,7-10,12-13,15-16,21H,1,6,11,14H2,2-4H3,(H,27,31)(H2,26,28,32)/b13-12+/t21-/m0/s1. The van der Waals surface area contributed by atoms with Gasteiger partial charge in [0.1, 0.15) is 11.8 Å². The summed E-state index contributed by atoms with van der Waals surface area (Å²) in [6, 6.07) is 10.0. The first-order valence-electron chi connectivity index (χ1n) is 10.8. The monoisotopic (exact) mass is 450 g/mol. The molecule has 0 spiro atoms. The average Bonchev–Trinajstić information content (AvgIpc) is 3.48. The predicted molar refractivity (Wildman–Crippen MR) is 126 cm³/mol. The Balaban J connectivity index is 1.55. The van der Waals surface area contributed by atoms with Crippen molar-refractivity contribution in [2.45, 2.75) is 45.2 Å². The Morgan fingerprint density at radius 2 is 1.97 bits per heavy atom. The molecule has 3 rings (SSSR count). The van der Waals surface area contributed by atoms with Crippen LogP contribution in [0, 0.1) is 0 Å². The van der Waals surface area contributed by atoms with Gasteiger partial charge in [0, 0.05) is 12.6 Å². The summed E-state index contributed by atoms with van der Waals surface area (Å²) in [5.74, 6) is -0.171. The number of allylic oxidation sites excluding steroid dienone is 1. The zero-order valence-corrected chi connectivity index (χ0v) is 19.2. The molecule has 1 aromatic carbocycles. The van der Waals surface area contributed by atoms with Crippen LogP contribution in [-0.2, 0) is 15.1 Å². The van der Waals surface area contributed by atoms with Crippen molar-refractivity contribution in [1.29, 1.82) is 0 Å². The zero-order valence-electron chi connectivity index (χ0n) is 19.2. The molecule has 1 saturated heterocycles. The fourth-order valence-electron chi connectivity index (χ4n) is 3.70. The largest absolute Gasteiger partial charge is 0.465 e. The first kappa shape index (κ1) is 23.8. The van der Waals surface area contributed by atoms with E-state index in [4.69, 9.17) is 4.42 Å². The summed E-state index contributed by atoms with van der Waals surface area (Å²) in [5.41, 5.74) is 6.96. The Hall–Kier alpha value is -3.81. The number of likely N-dealkylation sites (tertiary alicyclic amines) is 1. The van der Waals surface area contributed by atoms with Crippen molar-refractivity contribution in [2.24, 2.45) is 0 Å². The predicted octanol–water partition coefficient (Wildman–Crippen LogP) is 3.58. The van der Waals surface area contributed by atoms with E-state index in [0.717, 1.165) is 16.7 Å². The summed E-state index contributed by atoms with van der Waals surface area (Å²) in [6.45, 7) is 10.1. The van der Waals surface area contributed by atoms with E-state index in [9.17, 15) is 14.4 Å². The fraction of sp³-hybridized carbons (Fsp3) is 0.320. The van der Waals surface area contributed by atoms with Crippen LogP contribution in [0.25, 0.3) is 11.6 Å². The van der Waals surface area contributed by atoms with Gasteiger partial charge in [0.05, 0.1) is 11.8 Å². The van der Waals surface area contributed by atoms with Crippen LogP contribution < -0.4 is 16.2 Å². The van der Waals surface area contributed by atoms with Gasteiger partial charge in [-0.25, -0.2) is 10.2 Å². The summed E-state index contributed by atoms with van der Waals surface area (Å²) < 4.78 is 5.18. The Kier molecular flexibility index (Phi) is 7.37. The van der Waals surface area contributed by atoms with Gasteiger partial charge in [0.2, 0.25) is 5.91 Å². The second-order valence-corrected chi connectivity index (χ2v) is 8.59. The van der Waals surface area contributed by atoms with Crippen LogP contribution in [0.1, 0.15) is 50.5 Å². The Bertz CT molecular complexity index is 1060. The molecule has 0 unspecified atom stereocenters. The number of hydrazine groups is 1. The molecule has 8 heteroatoms. The number of furan rings is 1. The van der Waals surface area contributed by atoms with Crippen LogP contribution in [0.2, 0.25) is 0 Å². The van der Waals surface area contributed by atoms with E-state index >= 15 is 0 Å². The van der Waals surface area contributed by atoms with Crippen LogP contribution in [0.3, 0.4) is 0 Å². The number of hydrogen-bond donors (Lipinski definition) is 3. The van der Waals surface area contributed by atoms with Gasteiger partial charge in [-0.3, -0.25) is 15.0 Å². The van der Waals surface area contributed by atoms with Crippen molar-refractivity contribution in [3.63, 3.8) is 0 Å². The molecule has 1 aliphatic heterocycles. The maximum absolute atomic E-state index is 12.7. The number of nitrogens with one attached hydrogen (secondary N) is 3. The maximum Gasteiger partial charge on any atom is 0.334 e. The molecule has 1 aromatic heterocycles. The molecule has 33 heavy (non-hydrogen) atoms. The van der Waals surface area contributed by atoms with Crippen LogP contribution in [0.4, 0.5) is 4.79 Å². The summed E-state index contributed by atoms with van der Waals surface area (Å²) in [5, 5.41) is 2.86. The van der Waals surface area contributed by atoms with Crippen molar-refractivity contribution < 1.29 is 18.8 Å². The average molecular weight is 451 g/mol. The van der Waals surface area contributed by atoms with Gasteiger partial charge < -0.3 is 14.6 Å². The molecule has 0 aliphatic carbocycles. The lowest BCUT2D eigenvalue weighted by Gasteiger charge is -2.28. The minimum absolute atomic E-state index is 0.285. The van der Waals surface area contributed by atoms with Gasteiger partial charge in [-0.05, 0) is 69.0 Å². The summed E-state index contributed by atoms with van der Waals surface area (Å²) in [6.07, 6.45) is 5.69. The van der Waals surface area contributed by atoms with E-state index < -0.39 is 23.5 Å². The Labute approximate surface area is 193 Å². The molecule has 3 N–H and O–H groups in total. The second-order valence-electron chi connectivity index (χ2n) is 8.59. The third-order valence-electron chi connectivity index (χ3n) is 5.57. The number of rotatable bonds is 6. The zero-order chi connectivity index (χ0) is 24.0. The molecule has 0 saturated carbocycles. The number of hydrogen-bond acceptors (Lipinski definition) is 4. The van der Waals surface area contributed by atoms with E-state index in [2.05, 4.69) is 22.7 Å². The number of urea groups is 1. The Morgan fingerprint density at radius 1 is 1.18 bits per heavy atom. The summed E-state index contributed by atoms with van der Waals surface area (Å²) in [4.78, 5) is 39.1. The van der Waals surface area contributed by atoms with Crippen molar-refractivity contribution in [3.05, 3.63) is 72.2 Å². The van der Waals surface area contributed by atoms with Crippen molar-refractivity contribution in [3.8, 4) is 0 Å². The van der Waals surface area contributed by atoms with Gasteiger partial charge in [0.15, 0.2) is 0 Å².